The summed E-state index contributed by atoms with van der Waals surface area (Å²) >= 11 is 0. The molecule has 1 amide bonds. The number of hydrogen-bond acceptors (Lipinski definition) is 4. The second-order valence-electron chi connectivity index (χ2n) is 4.63. The molecular weight excluding hydrogens is 218 g/mol. The van der Waals surface area contributed by atoms with Crippen molar-refractivity contribution in [3.05, 3.63) is 17.5 Å². The molecule has 2 heterocycles. The molecule has 2 rings (SSSR count). The largest absolute Gasteiger partial charge is 0.361 e. The zero-order valence-electron chi connectivity index (χ0n) is 10.2. The number of rotatable bonds is 3. The molecule has 1 aliphatic rings. The van der Waals surface area contributed by atoms with Crippen LogP contribution in [0.5, 0.6) is 0 Å². The Balaban J connectivity index is 2.02. The Hall–Kier alpha value is -1.36. The van der Waals surface area contributed by atoms with Gasteiger partial charge in [0.25, 0.3) is 5.91 Å². The molecule has 5 nitrogen and oxygen atoms in total. The molecule has 0 aromatic carbocycles. The Kier molecular flexibility index (Phi) is 3.78. The molecule has 0 radical (unpaired) electrons. The Bertz CT molecular complexity index is 387. The van der Waals surface area contributed by atoms with E-state index in [0.29, 0.717) is 23.8 Å². The van der Waals surface area contributed by atoms with Gasteiger partial charge in [-0.1, -0.05) is 5.16 Å². The highest BCUT2D eigenvalue weighted by Gasteiger charge is 2.26. The molecule has 1 unspecified atom stereocenters. The molecule has 0 bridgehead atoms. The van der Waals surface area contributed by atoms with E-state index in [1.807, 2.05) is 4.90 Å². The van der Waals surface area contributed by atoms with Gasteiger partial charge in [0.1, 0.15) is 11.3 Å². The third-order valence-electron chi connectivity index (χ3n) is 3.36. The van der Waals surface area contributed by atoms with Gasteiger partial charge in [-0.05, 0) is 38.6 Å². The molecule has 1 saturated heterocycles. The first kappa shape index (κ1) is 12.1. The van der Waals surface area contributed by atoms with Gasteiger partial charge in [-0.2, -0.15) is 0 Å². The normalized spacial score (nSPS) is 20.6. The highest BCUT2D eigenvalue weighted by Crippen LogP contribution is 2.21. The topological polar surface area (TPSA) is 72.4 Å². The van der Waals surface area contributed by atoms with Crippen molar-refractivity contribution in [2.75, 3.05) is 19.6 Å². The number of piperidine rings is 1. The summed E-state index contributed by atoms with van der Waals surface area (Å²) < 4.78 is 4.93. The molecule has 0 aliphatic carbocycles. The molecule has 5 heteroatoms. The molecule has 94 valence electrons. The van der Waals surface area contributed by atoms with E-state index in [9.17, 15) is 4.79 Å². The van der Waals surface area contributed by atoms with Crippen molar-refractivity contribution in [2.45, 2.75) is 26.2 Å². The van der Waals surface area contributed by atoms with Crippen molar-refractivity contribution in [2.24, 2.45) is 11.7 Å². The van der Waals surface area contributed by atoms with Crippen LogP contribution < -0.4 is 5.73 Å². The Morgan fingerprint density at radius 2 is 2.53 bits per heavy atom. The van der Waals surface area contributed by atoms with Crippen molar-refractivity contribution in [1.82, 2.24) is 10.1 Å². The first-order chi connectivity index (χ1) is 8.22. The number of carbonyl (C=O) groups is 1. The van der Waals surface area contributed by atoms with E-state index in [0.717, 1.165) is 25.9 Å². The number of aromatic nitrogens is 1. The first-order valence-electron chi connectivity index (χ1n) is 6.13. The van der Waals surface area contributed by atoms with E-state index >= 15 is 0 Å². The monoisotopic (exact) mass is 237 g/mol. The fraction of sp³-hybridized carbons (Fsp3) is 0.667. The average Bonchev–Trinajstić information content (AvgIpc) is 2.75. The van der Waals surface area contributed by atoms with E-state index in [1.165, 1.54) is 12.6 Å². The third-order valence-corrected chi connectivity index (χ3v) is 3.36. The fourth-order valence-electron chi connectivity index (χ4n) is 2.40. The summed E-state index contributed by atoms with van der Waals surface area (Å²) in [4.78, 5) is 14.1. The maximum atomic E-state index is 12.2. The van der Waals surface area contributed by atoms with Gasteiger partial charge < -0.3 is 15.2 Å². The number of hydrogen-bond donors (Lipinski definition) is 1. The zero-order valence-corrected chi connectivity index (χ0v) is 10.2. The average molecular weight is 237 g/mol. The summed E-state index contributed by atoms with van der Waals surface area (Å²) in [5.74, 6) is 1.17. The summed E-state index contributed by atoms with van der Waals surface area (Å²) in [6, 6.07) is 0. The standard InChI is InChI=1S/C12H19N3O2/c1-9-11(7-14-17-9)12(16)15-6-2-3-10(8-15)4-5-13/h7,10H,2-6,8,13H2,1H3. The molecule has 1 atom stereocenters. The molecule has 17 heavy (non-hydrogen) atoms. The minimum absolute atomic E-state index is 0.0328. The lowest BCUT2D eigenvalue weighted by molar-refractivity contribution is 0.0667. The Labute approximate surface area is 101 Å². The van der Waals surface area contributed by atoms with Crippen LogP contribution in [-0.4, -0.2) is 35.6 Å². The van der Waals surface area contributed by atoms with Crippen molar-refractivity contribution in [1.29, 1.82) is 0 Å². The first-order valence-corrected chi connectivity index (χ1v) is 6.13. The minimum atomic E-state index is 0.0328. The highest BCUT2D eigenvalue weighted by atomic mass is 16.5. The molecule has 1 aromatic heterocycles. The van der Waals surface area contributed by atoms with Gasteiger partial charge >= 0.3 is 0 Å². The second-order valence-corrected chi connectivity index (χ2v) is 4.63. The number of aryl methyl sites for hydroxylation is 1. The van der Waals surface area contributed by atoms with E-state index in [4.69, 9.17) is 10.3 Å². The van der Waals surface area contributed by atoms with Crippen LogP contribution in [0.2, 0.25) is 0 Å². The molecule has 1 aromatic rings. The number of amides is 1. The van der Waals surface area contributed by atoms with Crippen molar-refractivity contribution in [3.8, 4) is 0 Å². The molecular formula is C12H19N3O2. The quantitative estimate of drug-likeness (QED) is 0.857. The lowest BCUT2D eigenvalue weighted by atomic mass is 9.94. The molecule has 0 saturated carbocycles. The van der Waals surface area contributed by atoms with Crippen molar-refractivity contribution >= 4 is 5.91 Å². The smallest absolute Gasteiger partial charge is 0.259 e. The molecule has 0 spiro atoms. The number of carbonyl (C=O) groups excluding carboxylic acids is 1. The summed E-state index contributed by atoms with van der Waals surface area (Å²) in [6.45, 7) is 4.09. The molecule has 1 fully saturated rings. The van der Waals surface area contributed by atoms with Crippen LogP contribution in [0.4, 0.5) is 0 Å². The summed E-state index contributed by atoms with van der Waals surface area (Å²) in [5.41, 5.74) is 6.15. The lowest BCUT2D eigenvalue weighted by Gasteiger charge is -2.32. The maximum Gasteiger partial charge on any atom is 0.259 e. The predicted octanol–water partition coefficient (Wildman–Crippen LogP) is 1.18. The lowest BCUT2D eigenvalue weighted by Crippen LogP contribution is -2.40. The van der Waals surface area contributed by atoms with Crippen LogP contribution in [-0.2, 0) is 0 Å². The summed E-state index contributed by atoms with van der Waals surface area (Å²) in [5, 5.41) is 3.65. The third kappa shape index (κ3) is 2.66. The van der Waals surface area contributed by atoms with E-state index in [1.54, 1.807) is 6.92 Å². The minimum Gasteiger partial charge on any atom is -0.361 e. The summed E-state index contributed by atoms with van der Waals surface area (Å²) in [6.07, 6.45) is 4.72. The number of nitrogens with zero attached hydrogens (tertiary/aromatic N) is 2. The van der Waals surface area contributed by atoms with Gasteiger partial charge in [-0.3, -0.25) is 4.79 Å². The Morgan fingerprint density at radius 1 is 1.71 bits per heavy atom. The van der Waals surface area contributed by atoms with Gasteiger partial charge in [0.15, 0.2) is 0 Å². The Morgan fingerprint density at radius 3 is 3.18 bits per heavy atom. The van der Waals surface area contributed by atoms with Crippen LogP contribution in [0, 0.1) is 12.8 Å². The predicted molar refractivity (Wildman–Crippen MR) is 63.5 cm³/mol. The van der Waals surface area contributed by atoms with Crippen LogP contribution in [0.25, 0.3) is 0 Å². The van der Waals surface area contributed by atoms with Crippen LogP contribution in [0.15, 0.2) is 10.7 Å². The maximum absolute atomic E-state index is 12.2. The van der Waals surface area contributed by atoms with Crippen molar-refractivity contribution < 1.29 is 9.32 Å². The molecule has 2 N–H and O–H groups in total. The van der Waals surface area contributed by atoms with E-state index < -0.39 is 0 Å². The van der Waals surface area contributed by atoms with Crippen molar-refractivity contribution in [3.63, 3.8) is 0 Å². The SMILES string of the molecule is Cc1oncc1C(=O)N1CCCC(CCN)C1. The van der Waals surface area contributed by atoms with Crippen LogP contribution >= 0.6 is 0 Å². The molecule has 1 aliphatic heterocycles. The summed E-state index contributed by atoms with van der Waals surface area (Å²) in [7, 11) is 0. The van der Waals surface area contributed by atoms with E-state index in [2.05, 4.69) is 5.16 Å². The van der Waals surface area contributed by atoms with Gasteiger partial charge in [0, 0.05) is 13.1 Å². The van der Waals surface area contributed by atoms with Gasteiger partial charge in [0.05, 0.1) is 6.20 Å². The highest BCUT2D eigenvalue weighted by molar-refractivity contribution is 5.94. The van der Waals surface area contributed by atoms with Crippen LogP contribution in [0.1, 0.15) is 35.4 Å². The van der Waals surface area contributed by atoms with E-state index in [-0.39, 0.29) is 5.91 Å². The number of nitrogens with two attached hydrogens (primary N) is 1. The number of likely N-dealkylation sites (tertiary alicyclic amines) is 1. The second kappa shape index (κ2) is 5.31. The zero-order chi connectivity index (χ0) is 12.3. The van der Waals surface area contributed by atoms with Gasteiger partial charge in [-0.25, -0.2) is 0 Å². The van der Waals surface area contributed by atoms with Gasteiger partial charge in [0.2, 0.25) is 0 Å². The fourth-order valence-corrected chi connectivity index (χ4v) is 2.40. The van der Waals surface area contributed by atoms with Crippen LogP contribution in [0.3, 0.4) is 0 Å². The van der Waals surface area contributed by atoms with Gasteiger partial charge in [-0.15, -0.1) is 0 Å².